The third-order valence-electron chi connectivity index (χ3n) is 6.24. The molecule has 1 N–H and O–H groups in total. The molecule has 2 saturated carbocycles. The maximum absolute atomic E-state index is 13.0. The van der Waals surface area contributed by atoms with Gasteiger partial charge in [-0.25, -0.2) is 9.07 Å². The molecule has 3 fully saturated rings. The second-order valence-corrected chi connectivity index (χ2v) is 7.59. The number of carbonyl (C=O) groups is 1. The van der Waals surface area contributed by atoms with Crippen molar-refractivity contribution in [1.82, 2.24) is 14.7 Å². The van der Waals surface area contributed by atoms with E-state index in [0.717, 1.165) is 25.1 Å². The molecule has 2 bridgehead atoms. The predicted molar refractivity (Wildman–Crippen MR) is 88.4 cm³/mol. The van der Waals surface area contributed by atoms with E-state index in [2.05, 4.69) is 5.10 Å². The number of halogens is 1. The summed E-state index contributed by atoms with van der Waals surface area (Å²) in [6.07, 6.45) is 3.79. The molecule has 5 unspecified atom stereocenters. The zero-order chi connectivity index (χ0) is 17.1. The predicted octanol–water partition coefficient (Wildman–Crippen LogP) is 1.78. The highest BCUT2D eigenvalue weighted by molar-refractivity contribution is 5.79. The number of rotatable bonds is 3. The molecule has 5 nitrogen and oxygen atoms in total. The summed E-state index contributed by atoms with van der Waals surface area (Å²) < 4.78 is 14.7. The van der Waals surface area contributed by atoms with Gasteiger partial charge in [-0.05, 0) is 60.9 Å². The van der Waals surface area contributed by atoms with Crippen LogP contribution in [0.5, 0.6) is 0 Å². The van der Waals surface area contributed by atoms with Crippen molar-refractivity contribution in [3.8, 4) is 5.69 Å². The molecular formula is C19H20FN3O2. The quantitative estimate of drug-likeness (QED) is 0.926. The van der Waals surface area contributed by atoms with E-state index in [9.17, 15) is 14.3 Å². The van der Waals surface area contributed by atoms with E-state index in [1.165, 1.54) is 12.1 Å². The van der Waals surface area contributed by atoms with Gasteiger partial charge in [0.2, 0.25) is 5.91 Å². The van der Waals surface area contributed by atoms with Gasteiger partial charge in [0.25, 0.3) is 0 Å². The fourth-order valence-corrected chi connectivity index (χ4v) is 5.15. The second-order valence-electron chi connectivity index (χ2n) is 7.59. The molecule has 0 radical (unpaired) electrons. The molecule has 3 aliphatic rings. The monoisotopic (exact) mass is 341 g/mol. The number of hydrogen-bond acceptors (Lipinski definition) is 3. The number of fused-ring (bicyclic) bond motifs is 1. The molecule has 1 saturated heterocycles. The maximum Gasteiger partial charge on any atom is 0.229 e. The molecule has 5 rings (SSSR count). The molecule has 25 heavy (non-hydrogen) atoms. The lowest BCUT2D eigenvalue weighted by Gasteiger charge is -2.28. The zero-order valence-corrected chi connectivity index (χ0v) is 13.8. The number of aromatic nitrogens is 2. The molecule has 1 aliphatic heterocycles. The van der Waals surface area contributed by atoms with Gasteiger partial charge in [-0.15, -0.1) is 0 Å². The van der Waals surface area contributed by atoms with Crippen LogP contribution in [0, 0.1) is 23.6 Å². The minimum absolute atomic E-state index is 0.00966. The first-order valence-corrected chi connectivity index (χ1v) is 8.88. The molecular weight excluding hydrogens is 321 g/mol. The number of aliphatic hydroxyl groups excluding tert-OH is 1. The molecule has 130 valence electrons. The van der Waals surface area contributed by atoms with Gasteiger partial charge >= 0.3 is 0 Å². The highest BCUT2D eigenvalue weighted by atomic mass is 19.1. The van der Waals surface area contributed by atoms with Gasteiger partial charge < -0.3 is 10.0 Å². The molecule has 1 aromatic carbocycles. The summed E-state index contributed by atoms with van der Waals surface area (Å²) in [5, 5.41) is 14.9. The summed E-state index contributed by atoms with van der Waals surface area (Å²) >= 11 is 0. The van der Waals surface area contributed by atoms with Crippen LogP contribution in [0.2, 0.25) is 0 Å². The third-order valence-corrected chi connectivity index (χ3v) is 6.24. The van der Waals surface area contributed by atoms with Gasteiger partial charge in [0, 0.05) is 12.7 Å². The Kier molecular flexibility index (Phi) is 3.25. The van der Waals surface area contributed by atoms with E-state index in [1.54, 1.807) is 23.0 Å². The number of hydrogen-bond donors (Lipinski definition) is 1. The first-order chi connectivity index (χ1) is 12.1. The van der Waals surface area contributed by atoms with Crippen molar-refractivity contribution in [3.05, 3.63) is 48.0 Å². The Morgan fingerprint density at radius 2 is 2.00 bits per heavy atom. The first kappa shape index (κ1) is 15.1. The van der Waals surface area contributed by atoms with Gasteiger partial charge in [-0.2, -0.15) is 5.10 Å². The second kappa shape index (κ2) is 5.39. The molecule has 1 aromatic heterocycles. The van der Waals surface area contributed by atoms with Crippen LogP contribution < -0.4 is 0 Å². The van der Waals surface area contributed by atoms with E-state index in [0.29, 0.717) is 23.4 Å². The van der Waals surface area contributed by atoms with Crippen LogP contribution in [0.3, 0.4) is 0 Å². The molecule has 6 heteroatoms. The SMILES string of the molecule is O=C(Cc1ccn(-c2ccc(F)cc2)n1)N1CC2CC3CC2C1C3O. The molecule has 0 spiro atoms. The summed E-state index contributed by atoms with van der Waals surface area (Å²) in [4.78, 5) is 14.7. The van der Waals surface area contributed by atoms with Crippen molar-refractivity contribution >= 4 is 5.91 Å². The highest BCUT2D eigenvalue weighted by Crippen LogP contribution is 2.54. The van der Waals surface area contributed by atoms with Crippen LogP contribution in [-0.4, -0.2) is 44.4 Å². The Bertz CT molecular complexity index is 816. The lowest BCUT2D eigenvalue weighted by atomic mass is 9.88. The van der Waals surface area contributed by atoms with Crippen LogP contribution in [0.1, 0.15) is 18.5 Å². The number of amides is 1. The smallest absolute Gasteiger partial charge is 0.229 e. The Labute approximate surface area is 145 Å². The molecule has 2 aliphatic carbocycles. The third kappa shape index (κ3) is 2.31. The van der Waals surface area contributed by atoms with Crippen LogP contribution in [-0.2, 0) is 11.2 Å². The highest BCUT2D eigenvalue weighted by Gasteiger charge is 2.59. The van der Waals surface area contributed by atoms with Crippen LogP contribution >= 0.6 is 0 Å². The fraction of sp³-hybridized carbons (Fsp3) is 0.474. The van der Waals surface area contributed by atoms with Crippen molar-refractivity contribution in [1.29, 1.82) is 0 Å². The largest absolute Gasteiger partial charge is 0.391 e. The van der Waals surface area contributed by atoms with Gasteiger partial charge in [0.05, 0.1) is 29.9 Å². The van der Waals surface area contributed by atoms with E-state index in [4.69, 9.17) is 0 Å². The summed E-state index contributed by atoms with van der Waals surface area (Å²) in [6, 6.07) is 7.91. The maximum atomic E-state index is 13.0. The lowest BCUT2D eigenvalue weighted by molar-refractivity contribution is -0.133. The van der Waals surface area contributed by atoms with Gasteiger partial charge in [-0.1, -0.05) is 0 Å². The topological polar surface area (TPSA) is 58.4 Å². The number of carbonyl (C=O) groups excluding carboxylic acids is 1. The Hall–Kier alpha value is -2.21. The van der Waals surface area contributed by atoms with E-state index >= 15 is 0 Å². The molecule has 2 aromatic rings. The summed E-state index contributed by atoms with van der Waals surface area (Å²) in [7, 11) is 0. The van der Waals surface area contributed by atoms with Gasteiger partial charge in [0.1, 0.15) is 5.82 Å². The molecule has 5 atom stereocenters. The van der Waals surface area contributed by atoms with Crippen LogP contribution in [0.25, 0.3) is 5.69 Å². The zero-order valence-electron chi connectivity index (χ0n) is 13.8. The number of aliphatic hydroxyl groups is 1. The van der Waals surface area contributed by atoms with Crippen LogP contribution in [0.4, 0.5) is 4.39 Å². The standard InChI is InChI=1S/C19H20FN3O2/c20-13-1-3-15(4-2-13)23-6-5-14(21-23)9-17(24)22-10-12-7-11-8-16(12)18(22)19(11)25/h1-6,11-12,16,18-19,25H,7-10H2. The number of benzene rings is 1. The number of nitrogens with zero attached hydrogens (tertiary/aromatic N) is 3. The average molecular weight is 341 g/mol. The Balaban J connectivity index is 1.31. The van der Waals surface area contributed by atoms with Crippen LogP contribution in [0.15, 0.2) is 36.5 Å². The summed E-state index contributed by atoms with van der Waals surface area (Å²) in [6.45, 7) is 0.778. The van der Waals surface area contributed by atoms with Crippen molar-refractivity contribution in [2.75, 3.05) is 6.54 Å². The summed E-state index contributed by atoms with van der Waals surface area (Å²) in [5.41, 5.74) is 1.45. The normalized spacial score (nSPS) is 32.6. The van der Waals surface area contributed by atoms with Gasteiger partial charge in [-0.3, -0.25) is 4.79 Å². The average Bonchev–Trinajstić information content (AvgIpc) is 3.31. The van der Waals surface area contributed by atoms with E-state index in [1.807, 2.05) is 11.0 Å². The Morgan fingerprint density at radius 1 is 1.20 bits per heavy atom. The van der Waals surface area contributed by atoms with Crippen molar-refractivity contribution in [3.63, 3.8) is 0 Å². The van der Waals surface area contributed by atoms with Crippen molar-refractivity contribution in [2.45, 2.75) is 31.4 Å². The Morgan fingerprint density at radius 3 is 2.76 bits per heavy atom. The fourth-order valence-electron chi connectivity index (χ4n) is 5.15. The van der Waals surface area contributed by atoms with E-state index in [-0.39, 0.29) is 30.3 Å². The first-order valence-electron chi connectivity index (χ1n) is 8.88. The number of likely N-dealkylation sites (tertiary alicyclic amines) is 1. The minimum Gasteiger partial charge on any atom is -0.391 e. The minimum atomic E-state index is -0.357. The van der Waals surface area contributed by atoms with Crippen molar-refractivity contribution < 1.29 is 14.3 Å². The summed E-state index contributed by atoms with van der Waals surface area (Å²) in [5.74, 6) is 1.20. The molecule has 1 amide bonds. The molecule has 2 heterocycles. The van der Waals surface area contributed by atoms with Gasteiger partial charge in [0.15, 0.2) is 0 Å². The van der Waals surface area contributed by atoms with E-state index < -0.39 is 0 Å². The lowest BCUT2D eigenvalue weighted by Crippen LogP contribution is -2.44. The van der Waals surface area contributed by atoms with Crippen molar-refractivity contribution in [2.24, 2.45) is 17.8 Å².